The molecule has 0 spiro atoms. The summed E-state index contributed by atoms with van der Waals surface area (Å²) in [7, 11) is 5.15. The lowest BCUT2D eigenvalue weighted by Gasteiger charge is -2.20. The Morgan fingerprint density at radius 1 is 1.61 bits per heavy atom. The van der Waals surface area contributed by atoms with Crippen LogP contribution >= 0.6 is 23.2 Å². The maximum absolute atomic E-state index is 7.26. The predicted octanol–water partition coefficient (Wildman–Crippen LogP) is 1.28. The highest BCUT2D eigenvalue weighted by Crippen LogP contribution is 2.21. The van der Waals surface area contributed by atoms with Crippen LogP contribution in [0.4, 0.5) is 0 Å². The third-order valence-electron chi connectivity index (χ3n) is 1.98. The molecule has 0 saturated heterocycles. The van der Waals surface area contributed by atoms with E-state index in [0.29, 0.717) is 16.6 Å². The number of nitrogens with two attached hydrogens (primary N) is 1. The molecule has 0 fully saturated rings. The van der Waals surface area contributed by atoms with Crippen LogP contribution in [-0.2, 0) is 4.84 Å². The molecule has 1 heterocycles. The second kappa shape index (κ2) is 5.99. The molecule has 0 aromatic heterocycles. The Morgan fingerprint density at radius 3 is 2.61 bits per heavy atom. The average molecular weight is 292 g/mol. The summed E-state index contributed by atoms with van der Waals surface area (Å²) in [5, 5.41) is 10.6. The number of halogens is 2. The Hall–Kier alpha value is -1.37. The van der Waals surface area contributed by atoms with E-state index in [-0.39, 0.29) is 10.9 Å². The first-order chi connectivity index (χ1) is 8.31. The van der Waals surface area contributed by atoms with Crippen molar-refractivity contribution in [3.05, 3.63) is 34.5 Å². The quantitative estimate of drug-likeness (QED) is 0.315. The average Bonchev–Trinajstić information content (AvgIpc) is 2.54. The second-order valence-corrected chi connectivity index (χ2v) is 4.54. The smallest absolute Gasteiger partial charge is 0.175 e. The molecule has 1 aliphatic rings. The van der Waals surface area contributed by atoms with Gasteiger partial charge in [0, 0.05) is 33.3 Å². The zero-order chi connectivity index (χ0) is 13.9. The van der Waals surface area contributed by atoms with Crippen molar-refractivity contribution in [2.24, 2.45) is 5.73 Å². The monoisotopic (exact) mass is 291 g/mol. The van der Waals surface area contributed by atoms with Crippen molar-refractivity contribution < 1.29 is 4.84 Å². The van der Waals surface area contributed by atoms with Crippen LogP contribution in [0.15, 0.2) is 34.5 Å². The molecular weight excluding hydrogens is 277 g/mol. The van der Waals surface area contributed by atoms with Crippen molar-refractivity contribution in [3.8, 4) is 0 Å². The topological polar surface area (TPSA) is 77.6 Å². The number of rotatable bonds is 4. The maximum atomic E-state index is 7.26. The van der Waals surface area contributed by atoms with Crippen molar-refractivity contribution in [2.75, 3.05) is 21.1 Å². The number of nitrogens with zero attached hydrogens (tertiary/aromatic N) is 2. The zero-order valence-corrected chi connectivity index (χ0v) is 11.8. The third kappa shape index (κ3) is 3.83. The number of likely N-dealkylation sites (N-methyl/N-ethyl adjacent to an activating group) is 1. The van der Waals surface area contributed by atoms with Gasteiger partial charge < -0.3 is 10.6 Å². The summed E-state index contributed by atoms with van der Waals surface area (Å²) in [6.45, 7) is 0. The van der Waals surface area contributed by atoms with Gasteiger partial charge in [0.25, 0.3) is 0 Å². The SMILES string of the molecule is CN(C)OC(=CC(=N)Cl)C(N)=C1C=C(Cl)NN1C. The Bertz CT molecular complexity index is 442. The number of hydroxylamine groups is 2. The van der Waals surface area contributed by atoms with Crippen LogP contribution in [0.1, 0.15) is 0 Å². The summed E-state index contributed by atoms with van der Waals surface area (Å²) in [6, 6.07) is 0. The van der Waals surface area contributed by atoms with Gasteiger partial charge in [-0.25, -0.2) is 0 Å². The van der Waals surface area contributed by atoms with Crippen LogP contribution in [-0.4, -0.2) is 36.4 Å². The van der Waals surface area contributed by atoms with Gasteiger partial charge in [-0.1, -0.05) is 23.2 Å². The first kappa shape index (κ1) is 14.7. The molecule has 100 valence electrons. The number of nitrogens with one attached hydrogen (secondary N) is 2. The van der Waals surface area contributed by atoms with Gasteiger partial charge in [0.2, 0.25) is 0 Å². The van der Waals surface area contributed by atoms with Crippen molar-refractivity contribution in [1.82, 2.24) is 15.5 Å². The highest BCUT2D eigenvalue weighted by Gasteiger charge is 2.19. The fourth-order valence-electron chi connectivity index (χ4n) is 1.32. The van der Waals surface area contributed by atoms with E-state index in [0.717, 1.165) is 0 Å². The van der Waals surface area contributed by atoms with E-state index in [1.54, 1.807) is 32.2 Å². The fourth-order valence-corrected chi connectivity index (χ4v) is 1.65. The summed E-state index contributed by atoms with van der Waals surface area (Å²) in [6.07, 6.45) is 2.97. The lowest BCUT2D eigenvalue weighted by Crippen LogP contribution is -2.28. The fraction of sp³-hybridized carbons (Fsp3) is 0.300. The normalized spacial score (nSPS) is 18.7. The molecule has 0 amide bonds. The van der Waals surface area contributed by atoms with E-state index in [9.17, 15) is 0 Å². The van der Waals surface area contributed by atoms with Crippen molar-refractivity contribution >= 4 is 28.4 Å². The molecule has 8 heteroatoms. The first-order valence-corrected chi connectivity index (χ1v) is 5.75. The minimum atomic E-state index is -0.181. The highest BCUT2D eigenvalue weighted by molar-refractivity contribution is 6.67. The molecule has 0 atom stereocenters. The zero-order valence-electron chi connectivity index (χ0n) is 10.3. The summed E-state index contributed by atoms with van der Waals surface area (Å²) in [4.78, 5) is 5.38. The molecule has 0 unspecified atom stereocenters. The summed E-state index contributed by atoms with van der Waals surface area (Å²) in [5.41, 5.74) is 9.79. The van der Waals surface area contributed by atoms with Gasteiger partial charge in [-0.3, -0.25) is 15.8 Å². The molecule has 0 radical (unpaired) electrons. The van der Waals surface area contributed by atoms with E-state index in [1.165, 1.54) is 11.1 Å². The molecule has 18 heavy (non-hydrogen) atoms. The van der Waals surface area contributed by atoms with Gasteiger partial charge in [-0.15, -0.1) is 0 Å². The van der Waals surface area contributed by atoms with Crippen LogP contribution in [0.25, 0.3) is 0 Å². The highest BCUT2D eigenvalue weighted by atomic mass is 35.5. The van der Waals surface area contributed by atoms with Gasteiger partial charge in [0.05, 0.1) is 5.70 Å². The molecule has 1 aliphatic heterocycles. The van der Waals surface area contributed by atoms with Crippen LogP contribution in [0.3, 0.4) is 0 Å². The Labute approximate surface area is 116 Å². The predicted molar refractivity (Wildman–Crippen MR) is 72.5 cm³/mol. The standard InChI is InChI=1S/C10H15Cl2N5O/c1-16(2)18-7(5-8(11)13)10(14)6-4-9(12)15-17(6)3/h4-5,13,15H,14H2,1-3H3. The van der Waals surface area contributed by atoms with E-state index in [1.807, 2.05) is 0 Å². The summed E-state index contributed by atoms with van der Waals surface area (Å²) in [5.74, 6) is 0.270. The van der Waals surface area contributed by atoms with E-state index >= 15 is 0 Å². The van der Waals surface area contributed by atoms with Crippen LogP contribution in [0.2, 0.25) is 0 Å². The molecule has 4 N–H and O–H groups in total. The number of hydrazine groups is 1. The molecule has 0 bridgehead atoms. The van der Waals surface area contributed by atoms with Crippen molar-refractivity contribution in [1.29, 1.82) is 5.41 Å². The Kier molecular flexibility index (Phi) is 4.89. The molecule has 1 rings (SSSR count). The van der Waals surface area contributed by atoms with Gasteiger partial charge in [-0.2, -0.15) is 5.06 Å². The maximum Gasteiger partial charge on any atom is 0.175 e. The summed E-state index contributed by atoms with van der Waals surface area (Å²) >= 11 is 11.4. The minimum absolute atomic E-state index is 0.181. The second-order valence-electron chi connectivity index (χ2n) is 3.72. The number of allylic oxidation sites excluding steroid dienone is 2. The van der Waals surface area contributed by atoms with Crippen molar-refractivity contribution in [3.63, 3.8) is 0 Å². The Morgan fingerprint density at radius 2 is 2.22 bits per heavy atom. The Balaban J connectivity index is 3.13. The van der Waals surface area contributed by atoms with Crippen LogP contribution in [0.5, 0.6) is 0 Å². The molecule has 0 aliphatic carbocycles. The first-order valence-electron chi connectivity index (χ1n) is 5.00. The molecule has 0 aromatic carbocycles. The van der Waals surface area contributed by atoms with Gasteiger partial charge in [0.15, 0.2) is 5.76 Å². The molecule has 0 saturated carbocycles. The molecule has 0 aromatic rings. The van der Waals surface area contributed by atoms with Gasteiger partial charge >= 0.3 is 0 Å². The van der Waals surface area contributed by atoms with Gasteiger partial charge in [-0.05, 0) is 0 Å². The number of hydrogen-bond acceptors (Lipinski definition) is 6. The van der Waals surface area contributed by atoms with Crippen LogP contribution < -0.4 is 11.2 Å². The van der Waals surface area contributed by atoms with E-state index < -0.39 is 0 Å². The lowest BCUT2D eigenvalue weighted by atomic mass is 10.2. The molecular formula is C10H15Cl2N5O. The lowest BCUT2D eigenvalue weighted by molar-refractivity contribution is -0.0697. The number of hydrogen-bond donors (Lipinski definition) is 3. The van der Waals surface area contributed by atoms with Gasteiger partial charge in [0.1, 0.15) is 16.0 Å². The summed E-state index contributed by atoms with van der Waals surface area (Å²) < 4.78 is 0. The van der Waals surface area contributed by atoms with Crippen molar-refractivity contribution in [2.45, 2.75) is 0 Å². The largest absolute Gasteiger partial charge is 0.404 e. The van der Waals surface area contributed by atoms with E-state index in [2.05, 4.69) is 5.43 Å². The third-order valence-corrected chi connectivity index (χ3v) is 2.28. The molecule has 6 nitrogen and oxygen atoms in total. The minimum Gasteiger partial charge on any atom is -0.404 e. The van der Waals surface area contributed by atoms with E-state index in [4.69, 9.17) is 39.2 Å². The van der Waals surface area contributed by atoms with Crippen LogP contribution in [0, 0.1) is 5.41 Å².